The number of rotatable bonds is 5. The number of hydrogen-bond acceptors (Lipinski definition) is 4. The molecular formula is C19H16N4O2. The molecule has 0 saturated heterocycles. The van der Waals surface area contributed by atoms with Crippen molar-refractivity contribution in [3.8, 4) is 5.69 Å². The van der Waals surface area contributed by atoms with Gasteiger partial charge in [-0.3, -0.25) is 9.59 Å². The first-order valence-electron chi connectivity index (χ1n) is 7.69. The fourth-order valence-electron chi connectivity index (χ4n) is 2.35. The minimum atomic E-state index is -0.222. The molecule has 0 fully saturated rings. The maximum atomic E-state index is 11.8. The molecule has 6 nitrogen and oxygen atoms in total. The molecule has 6 heteroatoms. The SMILES string of the molecule is CC(=O)N(/N=C/c1cc(C=O)n(-c2ccccc2)n1)c1ccccc1. The molecule has 0 aliphatic rings. The molecule has 0 atom stereocenters. The molecule has 25 heavy (non-hydrogen) atoms. The van der Waals surface area contributed by atoms with Crippen molar-refractivity contribution in [1.29, 1.82) is 0 Å². The predicted octanol–water partition coefficient (Wildman–Crippen LogP) is 3.07. The lowest BCUT2D eigenvalue weighted by Gasteiger charge is -2.14. The van der Waals surface area contributed by atoms with E-state index in [2.05, 4.69) is 10.2 Å². The Morgan fingerprint density at radius 3 is 2.32 bits per heavy atom. The third-order valence-electron chi connectivity index (χ3n) is 3.48. The Hall–Kier alpha value is -3.54. The average Bonchev–Trinajstić information content (AvgIpc) is 3.06. The molecule has 0 bridgehead atoms. The molecule has 0 spiro atoms. The zero-order valence-electron chi connectivity index (χ0n) is 13.6. The molecule has 124 valence electrons. The predicted molar refractivity (Wildman–Crippen MR) is 96.1 cm³/mol. The van der Waals surface area contributed by atoms with E-state index < -0.39 is 0 Å². The molecule has 1 heterocycles. The first-order chi connectivity index (χ1) is 12.2. The summed E-state index contributed by atoms with van der Waals surface area (Å²) in [5.74, 6) is -0.222. The van der Waals surface area contributed by atoms with Gasteiger partial charge in [-0.25, -0.2) is 9.69 Å². The summed E-state index contributed by atoms with van der Waals surface area (Å²) in [5.41, 5.74) is 2.31. The highest BCUT2D eigenvalue weighted by molar-refractivity contribution is 5.93. The van der Waals surface area contributed by atoms with Gasteiger partial charge >= 0.3 is 0 Å². The normalized spacial score (nSPS) is 10.8. The van der Waals surface area contributed by atoms with Crippen molar-refractivity contribution >= 4 is 24.1 Å². The quantitative estimate of drug-likeness (QED) is 0.410. The van der Waals surface area contributed by atoms with Crippen LogP contribution in [0.5, 0.6) is 0 Å². The van der Waals surface area contributed by atoms with E-state index in [0.717, 1.165) is 12.0 Å². The van der Waals surface area contributed by atoms with Crippen LogP contribution in [0.25, 0.3) is 5.69 Å². The fraction of sp³-hybridized carbons (Fsp3) is 0.0526. The molecule has 0 aliphatic carbocycles. The van der Waals surface area contributed by atoms with Gasteiger partial charge in [0.1, 0.15) is 11.4 Å². The van der Waals surface area contributed by atoms with Crippen molar-refractivity contribution in [3.63, 3.8) is 0 Å². The summed E-state index contributed by atoms with van der Waals surface area (Å²) in [5, 5.41) is 9.87. The number of amides is 1. The number of aromatic nitrogens is 2. The number of benzene rings is 2. The highest BCUT2D eigenvalue weighted by Crippen LogP contribution is 2.14. The second kappa shape index (κ2) is 7.35. The minimum Gasteiger partial charge on any atom is -0.296 e. The third kappa shape index (κ3) is 3.69. The van der Waals surface area contributed by atoms with Gasteiger partial charge in [-0.15, -0.1) is 0 Å². The number of nitrogens with zero attached hydrogens (tertiary/aromatic N) is 4. The van der Waals surface area contributed by atoms with E-state index in [0.29, 0.717) is 17.1 Å². The molecule has 0 radical (unpaired) electrons. The van der Waals surface area contributed by atoms with E-state index >= 15 is 0 Å². The van der Waals surface area contributed by atoms with E-state index in [1.165, 1.54) is 22.8 Å². The van der Waals surface area contributed by atoms with Crippen molar-refractivity contribution < 1.29 is 9.59 Å². The minimum absolute atomic E-state index is 0.222. The van der Waals surface area contributed by atoms with Gasteiger partial charge in [-0.2, -0.15) is 10.2 Å². The second-order valence-corrected chi connectivity index (χ2v) is 5.27. The van der Waals surface area contributed by atoms with E-state index in [1.807, 2.05) is 48.5 Å². The number of hydrazone groups is 1. The molecule has 0 saturated carbocycles. The number of carbonyl (C=O) groups is 2. The van der Waals surface area contributed by atoms with Gasteiger partial charge in [0.25, 0.3) is 0 Å². The Bertz CT molecular complexity index is 902. The number of hydrogen-bond donors (Lipinski definition) is 0. The Kier molecular flexibility index (Phi) is 4.80. The Morgan fingerprint density at radius 2 is 1.72 bits per heavy atom. The van der Waals surface area contributed by atoms with Crippen LogP contribution in [0.15, 0.2) is 71.8 Å². The highest BCUT2D eigenvalue weighted by atomic mass is 16.2. The zero-order valence-corrected chi connectivity index (χ0v) is 13.6. The summed E-state index contributed by atoms with van der Waals surface area (Å²) < 4.78 is 1.54. The number of anilines is 1. The first-order valence-corrected chi connectivity index (χ1v) is 7.69. The Balaban J connectivity index is 1.92. The molecule has 0 unspecified atom stereocenters. The largest absolute Gasteiger partial charge is 0.296 e. The fourth-order valence-corrected chi connectivity index (χ4v) is 2.35. The smallest absolute Gasteiger partial charge is 0.244 e. The van der Waals surface area contributed by atoms with Gasteiger partial charge < -0.3 is 0 Å². The van der Waals surface area contributed by atoms with Gasteiger partial charge in [-0.05, 0) is 30.3 Å². The van der Waals surface area contributed by atoms with Gasteiger partial charge in [-0.1, -0.05) is 36.4 Å². The maximum Gasteiger partial charge on any atom is 0.244 e. The van der Waals surface area contributed by atoms with Crippen molar-refractivity contribution in [2.45, 2.75) is 6.92 Å². The van der Waals surface area contributed by atoms with Crippen molar-refractivity contribution in [3.05, 3.63) is 78.1 Å². The number of carbonyl (C=O) groups excluding carboxylic acids is 2. The summed E-state index contributed by atoms with van der Waals surface area (Å²) in [6.45, 7) is 1.43. The Morgan fingerprint density at radius 1 is 1.08 bits per heavy atom. The summed E-state index contributed by atoms with van der Waals surface area (Å²) >= 11 is 0. The molecule has 0 N–H and O–H groups in total. The first kappa shape index (κ1) is 16.3. The maximum absolute atomic E-state index is 11.8. The lowest BCUT2D eigenvalue weighted by molar-refractivity contribution is -0.116. The molecule has 2 aromatic carbocycles. The molecule has 0 aliphatic heterocycles. The summed E-state index contributed by atoms with van der Waals surface area (Å²) in [7, 11) is 0. The van der Waals surface area contributed by atoms with Crippen molar-refractivity contribution in [2.24, 2.45) is 5.10 Å². The lowest BCUT2D eigenvalue weighted by Crippen LogP contribution is -2.22. The monoisotopic (exact) mass is 332 g/mol. The van der Waals surface area contributed by atoms with Crippen LogP contribution in [0.2, 0.25) is 0 Å². The van der Waals surface area contributed by atoms with E-state index in [4.69, 9.17) is 0 Å². The second-order valence-electron chi connectivity index (χ2n) is 5.27. The van der Waals surface area contributed by atoms with Crippen molar-refractivity contribution in [1.82, 2.24) is 9.78 Å². The molecule has 1 aromatic heterocycles. The van der Waals surface area contributed by atoms with E-state index in [1.54, 1.807) is 18.2 Å². The van der Waals surface area contributed by atoms with E-state index in [9.17, 15) is 9.59 Å². The van der Waals surface area contributed by atoms with Gasteiger partial charge in [0.15, 0.2) is 6.29 Å². The van der Waals surface area contributed by atoms with Crippen LogP contribution in [-0.4, -0.2) is 28.2 Å². The molecular weight excluding hydrogens is 316 g/mol. The van der Waals surface area contributed by atoms with Crippen LogP contribution < -0.4 is 5.01 Å². The highest BCUT2D eigenvalue weighted by Gasteiger charge is 2.11. The molecule has 3 aromatic rings. The van der Waals surface area contributed by atoms with Crippen LogP contribution in [-0.2, 0) is 4.79 Å². The zero-order chi connectivity index (χ0) is 17.6. The third-order valence-corrected chi connectivity index (χ3v) is 3.48. The van der Waals surface area contributed by atoms with Gasteiger partial charge in [0.05, 0.1) is 17.6 Å². The summed E-state index contributed by atoms with van der Waals surface area (Å²) in [6, 6.07) is 20.1. The van der Waals surface area contributed by atoms with E-state index in [-0.39, 0.29) is 5.91 Å². The number of aldehydes is 1. The summed E-state index contributed by atoms with van der Waals surface area (Å²) in [6.07, 6.45) is 2.19. The van der Waals surface area contributed by atoms with Crippen molar-refractivity contribution in [2.75, 3.05) is 5.01 Å². The molecule has 1 amide bonds. The topological polar surface area (TPSA) is 67.6 Å². The lowest BCUT2D eigenvalue weighted by atomic mass is 10.3. The summed E-state index contributed by atoms with van der Waals surface area (Å²) in [4.78, 5) is 23.2. The van der Waals surface area contributed by atoms with Gasteiger partial charge in [0, 0.05) is 6.92 Å². The van der Waals surface area contributed by atoms with Gasteiger partial charge in [0.2, 0.25) is 5.91 Å². The van der Waals surface area contributed by atoms with Crippen LogP contribution in [0.3, 0.4) is 0 Å². The van der Waals surface area contributed by atoms with Crippen LogP contribution in [0.4, 0.5) is 5.69 Å². The van der Waals surface area contributed by atoms with Crippen LogP contribution in [0.1, 0.15) is 23.1 Å². The van der Waals surface area contributed by atoms with Crippen LogP contribution in [0, 0.1) is 0 Å². The van der Waals surface area contributed by atoms with Crippen LogP contribution >= 0.6 is 0 Å². The Labute approximate surface area is 145 Å². The number of para-hydroxylation sites is 2. The standard InChI is InChI=1S/C19H16N4O2/c1-15(25)22(17-8-4-2-5-9-17)20-13-16-12-19(14-24)23(21-16)18-10-6-3-7-11-18/h2-14H,1H3/b20-13+. The molecule has 3 rings (SSSR count). The average molecular weight is 332 g/mol.